The van der Waals surface area contributed by atoms with Crippen LogP contribution < -0.4 is 5.32 Å². The van der Waals surface area contributed by atoms with E-state index in [0.717, 1.165) is 10.0 Å². The predicted molar refractivity (Wildman–Crippen MR) is 83.2 cm³/mol. The van der Waals surface area contributed by atoms with Crippen LogP contribution in [0.2, 0.25) is 0 Å². The number of carboxylic acid groups (broad SMARTS) is 1. The monoisotopic (exact) mass is 347 g/mol. The van der Waals surface area contributed by atoms with E-state index in [2.05, 4.69) is 21.2 Å². The Morgan fingerprint density at radius 2 is 1.81 bits per heavy atom. The molecule has 21 heavy (non-hydrogen) atoms. The average Bonchev–Trinajstić information content (AvgIpc) is 2.47. The Bertz CT molecular complexity index is 643. The van der Waals surface area contributed by atoms with Crippen LogP contribution in [0.3, 0.4) is 0 Å². The topological polar surface area (TPSA) is 66.4 Å². The molecule has 0 radical (unpaired) electrons. The zero-order chi connectivity index (χ0) is 15.2. The van der Waals surface area contributed by atoms with Gasteiger partial charge in [0.2, 0.25) is 0 Å². The number of hydrogen-bond acceptors (Lipinski definition) is 2. The third kappa shape index (κ3) is 4.43. The SMILES string of the molecule is O=C(N[C@H](Cc1ccccc1)C(=O)O)c1cccc(Br)c1. The fourth-order valence-electron chi connectivity index (χ4n) is 1.92. The lowest BCUT2D eigenvalue weighted by molar-refractivity contribution is -0.139. The van der Waals surface area contributed by atoms with Gasteiger partial charge in [-0.1, -0.05) is 52.3 Å². The average molecular weight is 348 g/mol. The highest BCUT2D eigenvalue weighted by atomic mass is 79.9. The zero-order valence-electron chi connectivity index (χ0n) is 11.1. The molecule has 4 nitrogen and oxygen atoms in total. The van der Waals surface area contributed by atoms with Crippen molar-refractivity contribution in [1.82, 2.24) is 5.32 Å². The van der Waals surface area contributed by atoms with Crippen LogP contribution in [0.15, 0.2) is 59.1 Å². The Kier molecular flexibility index (Phi) is 5.11. The first-order valence-electron chi connectivity index (χ1n) is 6.39. The molecule has 2 N–H and O–H groups in total. The Morgan fingerprint density at radius 1 is 1.10 bits per heavy atom. The minimum Gasteiger partial charge on any atom is -0.480 e. The summed E-state index contributed by atoms with van der Waals surface area (Å²) >= 11 is 3.28. The lowest BCUT2D eigenvalue weighted by Gasteiger charge is -2.14. The molecule has 2 rings (SSSR count). The van der Waals surface area contributed by atoms with Gasteiger partial charge in [-0.25, -0.2) is 4.79 Å². The highest BCUT2D eigenvalue weighted by molar-refractivity contribution is 9.10. The first-order valence-corrected chi connectivity index (χ1v) is 7.19. The van der Waals surface area contributed by atoms with Gasteiger partial charge in [-0.3, -0.25) is 4.79 Å². The van der Waals surface area contributed by atoms with Crippen LogP contribution in [-0.4, -0.2) is 23.0 Å². The van der Waals surface area contributed by atoms with Crippen molar-refractivity contribution in [2.75, 3.05) is 0 Å². The second-order valence-electron chi connectivity index (χ2n) is 4.56. The minimum atomic E-state index is -1.05. The van der Waals surface area contributed by atoms with Gasteiger partial charge in [0.15, 0.2) is 0 Å². The number of carbonyl (C=O) groups excluding carboxylic acids is 1. The Hall–Kier alpha value is -2.14. The number of hydrogen-bond donors (Lipinski definition) is 2. The van der Waals surface area contributed by atoms with Crippen LogP contribution in [0.25, 0.3) is 0 Å². The van der Waals surface area contributed by atoms with Gasteiger partial charge < -0.3 is 10.4 Å². The molecule has 0 aliphatic heterocycles. The molecule has 0 spiro atoms. The van der Waals surface area contributed by atoms with E-state index < -0.39 is 17.9 Å². The summed E-state index contributed by atoms with van der Waals surface area (Å²) in [5.41, 5.74) is 1.28. The van der Waals surface area contributed by atoms with E-state index in [1.807, 2.05) is 30.3 Å². The zero-order valence-corrected chi connectivity index (χ0v) is 12.7. The number of carboxylic acids is 1. The Labute approximate surface area is 130 Å². The lowest BCUT2D eigenvalue weighted by atomic mass is 10.1. The molecule has 0 bridgehead atoms. The maximum atomic E-state index is 12.1. The molecule has 0 unspecified atom stereocenters. The highest BCUT2D eigenvalue weighted by Gasteiger charge is 2.21. The number of halogens is 1. The van der Waals surface area contributed by atoms with Gasteiger partial charge in [-0.05, 0) is 23.8 Å². The number of carbonyl (C=O) groups is 2. The van der Waals surface area contributed by atoms with Gasteiger partial charge in [-0.15, -0.1) is 0 Å². The number of aliphatic carboxylic acids is 1. The quantitative estimate of drug-likeness (QED) is 0.873. The van der Waals surface area contributed by atoms with Crippen molar-refractivity contribution in [3.63, 3.8) is 0 Å². The normalized spacial score (nSPS) is 11.7. The summed E-state index contributed by atoms with van der Waals surface area (Å²) in [6, 6.07) is 15.1. The molecule has 0 heterocycles. The highest BCUT2D eigenvalue weighted by Crippen LogP contribution is 2.12. The second-order valence-corrected chi connectivity index (χ2v) is 5.48. The molecule has 0 aliphatic rings. The number of nitrogens with one attached hydrogen (secondary N) is 1. The minimum absolute atomic E-state index is 0.246. The standard InChI is InChI=1S/C16H14BrNO3/c17-13-8-4-7-12(10-13)15(19)18-14(16(20)21)9-11-5-2-1-3-6-11/h1-8,10,14H,9H2,(H,18,19)(H,20,21)/t14-/m1/s1. The van der Waals surface area contributed by atoms with Gasteiger partial charge in [0.25, 0.3) is 5.91 Å². The lowest BCUT2D eigenvalue weighted by Crippen LogP contribution is -2.42. The van der Waals surface area contributed by atoms with Crippen LogP contribution in [-0.2, 0) is 11.2 Å². The van der Waals surface area contributed by atoms with Crippen molar-refractivity contribution in [2.45, 2.75) is 12.5 Å². The molecule has 0 saturated heterocycles. The first-order chi connectivity index (χ1) is 10.1. The van der Waals surface area contributed by atoms with Crippen LogP contribution in [0.4, 0.5) is 0 Å². The molecule has 108 valence electrons. The van der Waals surface area contributed by atoms with E-state index in [9.17, 15) is 14.7 Å². The molecule has 1 atom stereocenters. The fourth-order valence-corrected chi connectivity index (χ4v) is 2.32. The molecule has 5 heteroatoms. The van der Waals surface area contributed by atoms with Gasteiger partial charge in [0.05, 0.1) is 0 Å². The fraction of sp³-hybridized carbons (Fsp3) is 0.125. The molecule has 0 saturated carbocycles. The maximum Gasteiger partial charge on any atom is 0.326 e. The summed E-state index contributed by atoms with van der Waals surface area (Å²) in [4.78, 5) is 23.4. The summed E-state index contributed by atoms with van der Waals surface area (Å²) in [5, 5.41) is 11.8. The molecular formula is C16H14BrNO3. The molecule has 1 amide bonds. The van der Waals surface area contributed by atoms with Gasteiger partial charge in [0.1, 0.15) is 6.04 Å². The Balaban J connectivity index is 2.10. The summed E-state index contributed by atoms with van der Waals surface area (Å²) in [5.74, 6) is -1.46. The van der Waals surface area contributed by atoms with E-state index in [4.69, 9.17) is 0 Å². The molecule has 2 aromatic carbocycles. The van der Waals surface area contributed by atoms with Crippen molar-refractivity contribution < 1.29 is 14.7 Å². The van der Waals surface area contributed by atoms with Gasteiger partial charge in [0, 0.05) is 16.5 Å². The molecule has 2 aromatic rings. The maximum absolute atomic E-state index is 12.1. The van der Waals surface area contributed by atoms with Crippen LogP contribution in [0, 0.1) is 0 Å². The number of amides is 1. The third-order valence-electron chi connectivity index (χ3n) is 2.97. The molecule has 0 fully saturated rings. The largest absolute Gasteiger partial charge is 0.480 e. The van der Waals surface area contributed by atoms with Crippen molar-refractivity contribution in [3.8, 4) is 0 Å². The van der Waals surface area contributed by atoms with Crippen molar-refractivity contribution in [2.24, 2.45) is 0 Å². The van der Waals surface area contributed by atoms with Gasteiger partial charge in [-0.2, -0.15) is 0 Å². The van der Waals surface area contributed by atoms with Crippen LogP contribution in [0.1, 0.15) is 15.9 Å². The smallest absolute Gasteiger partial charge is 0.326 e. The second kappa shape index (κ2) is 7.04. The summed E-state index contributed by atoms with van der Waals surface area (Å²) in [6.07, 6.45) is 0.246. The summed E-state index contributed by atoms with van der Waals surface area (Å²) < 4.78 is 0.769. The molecule has 0 aliphatic carbocycles. The summed E-state index contributed by atoms with van der Waals surface area (Å²) in [6.45, 7) is 0. The van der Waals surface area contributed by atoms with Crippen molar-refractivity contribution >= 4 is 27.8 Å². The van der Waals surface area contributed by atoms with E-state index in [1.54, 1.807) is 24.3 Å². The van der Waals surface area contributed by atoms with E-state index in [-0.39, 0.29) is 6.42 Å². The van der Waals surface area contributed by atoms with Crippen molar-refractivity contribution in [3.05, 3.63) is 70.2 Å². The Morgan fingerprint density at radius 3 is 2.43 bits per heavy atom. The number of benzene rings is 2. The van der Waals surface area contributed by atoms with Gasteiger partial charge >= 0.3 is 5.97 Å². The van der Waals surface area contributed by atoms with Crippen LogP contribution in [0.5, 0.6) is 0 Å². The van der Waals surface area contributed by atoms with Crippen molar-refractivity contribution in [1.29, 1.82) is 0 Å². The van der Waals surface area contributed by atoms with E-state index >= 15 is 0 Å². The predicted octanol–water partition coefficient (Wildman–Crippen LogP) is 2.87. The van der Waals surface area contributed by atoms with Crippen LogP contribution >= 0.6 is 15.9 Å². The summed E-state index contributed by atoms with van der Waals surface area (Å²) in [7, 11) is 0. The number of rotatable bonds is 5. The molecular weight excluding hydrogens is 334 g/mol. The first kappa shape index (κ1) is 15.3. The molecule has 0 aromatic heterocycles. The van der Waals surface area contributed by atoms with E-state index in [0.29, 0.717) is 5.56 Å². The third-order valence-corrected chi connectivity index (χ3v) is 3.47. The van der Waals surface area contributed by atoms with E-state index in [1.165, 1.54) is 0 Å².